The normalized spacial score (nSPS) is 15.8. The molecule has 3 aromatic rings. The Kier molecular flexibility index (Phi) is 6.39. The number of amides is 2. The number of benzene rings is 2. The average molecular weight is 434 g/mol. The first-order chi connectivity index (χ1) is 15.5. The first-order valence-corrected chi connectivity index (χ1v) is 10.4. The smallest absolute Gasteiger partial charge is 0.274 e. The van der Waals surface area contributed by atoms with Crippen molar-refractivity contribution in [1.82, 2.24) is 14.9 Å². The SMILES string of the molecule is Cc1cnc(C(=O)N2CCCCC2C(=O)Nc2ccc(Oc3ccccc3F)cc2)cn1. The van der Waals surface area contributed by atoms with Crippen LogP contribution in [0.2, 0.25) is 0 Å². The zero-order chi connectivity index (χ0) is 22.5. The van der Waals surface area contributed by atoms with Crippen LogP contribution in [-0.2, 0) is 4.79 Å². The molecule has 2 aromatic carbocycles. The number of ether oxygens (including phenoxy) is 1. The molecule has 0 radical (unpaired) electrons. The van der Waals surface area contributed by atoms with Gasteiger partial charge in [0.05, 0.1) is 11.9 Å². The minimum absolute atomic E-state index is 0.125. The Hall–Kier alpha value is -3.81. The fourth-order valence-electron chi connectivity index (χ4n) is 3.58. The number of aromatic nitrogens is 2. The summed E-state index contributed by atoms with van der Waals surface area (Å²) < 4.78 is 19.3. The highest BCUT2D eigenvalue weighted by Crippen LogP contribution is 2.26. The second kappa shape index (κ2) is 9.55. The number of hydrogen-bond acceptors (Lipinski definition) is 5. The number of carbonyl (C=O) groups is 2. The average Bonchev–Trinajstić information content (AvgIpc) is 2.82. The molecule has 1 N–H and O–H groups in total. The third-order valence-corrected chi connectivity index (χ3v) is 5.25. The van der Waals surface area contributed by atoms with Gasteiger partial charge in [0.2, 0.25) is 5.91 Å². The van der Waals surface area contributed by atoms with E-state index in [4.69, 9.17) is 4.74 Å². The number of halogens is 1. The summed E-state index contributed by atoms with van der Waals surface area (Å²) in [5.74, 6) is -0.447. The van der Waals surface area contributed by atoms with E-state index >= 15 is 0 Å². The molecule has 1 aromatic heterocycles. The molecular weight excluding hydrogens is 411 g/mol. The highest BCUT2D eigenvalue weighted by atomic mass is 19.1. The van der Waals surface area contributed by atoms with Crippen molar-refractivity contribution < 1.29 is 18.7 Å². The van der Waals surface area contributed by atoms with Crippen LogP contribution in [0.15, 0.2) is 60.9 Å². The summed E-state index contributed by atoms with van der Waals surface area (Å²) in [6.07, 6.45) is 5.24. The molecule has 0 spiro atoms. The minimum atomic E-state index is -0.589. The molecule has 164 valence electrons. The Bertz CT molecular complexity index is 1100. The molecule has 32 heavy (non-hydrogen) atoms. The number of carbonyl (C=O) groups excluding carboxylic acids is 2. The molecule has 0 bridgehead atoms. The van der Waals surface area contributed by atoms with Crippen molar-refractivity contribution in [2.24, 2.45) is 0 Å². The second-order valence-corrected chi connectivity index (χ2v) is 7.60. The summed E-state index contributed by atoms with van der Waals surface area (Å²) in [6.45, 7) is 2.28. The van der Waals surface area contributed by atoms with E-state index in [0.29, 0.717) is 24.4 Å². The van der Waals surface area contributed by atoms with Crippen molar-refractivity contribution >= 4 is 17.5 Å². The molecule has 0 saturated carbocycles. The van der Waals surface area contributed by atoms with Crippen LogP contribution >= 0.6 is 0 Å². The lowest BCUT2D eigenvalue weighted by Gasteiger charge is -2.34. The summed E-state index contributed by atoms with van der Waals surface area (Å²) in [5.41, 5.74) is 1.51. The molecule has 4 rings (SSSR count). The number of nitrogens with one attached hydrogen (secondary N) is 1. The van der Waals surface area contributed by atoms with Gasteiger partial charge in [0.15, 0.2) is 11.6 Å². The maximum absolute atomic E-state index is 13.8. The Morgan fingerprint density at radius 2 is 1.84 bits per heavy atom. The van der Waals surface area contributed by atoms with Crippen LogP contribution in [0.3, 0.4) is 0 Å². The van der Waals surface area contributed by atoms with Crippen molar-refractivity contribution in [3.63, 3.8) is 0 Å². The molecule has 0 aliphatic carbocycles. The van der Waals surface area contributed by atoms with Crippen molar-refractivity contribution in [3.8, 4) is 11.5 Å². The maximum atomic E-state index is 13.8. The maximum Gasteiger partial charge on any atom is 0.274 e. The van der Waals surface area contributed by atoms with E-state index in [1.165, 1.54) is 24.5 Å². The lowest BCUT2D eigenvalue weighted by molar-refractivity contribution is -0.121. The van der Waals surface area contributed by atoms with Crippen LogP contribution < -0.4 is 10.1 Å². The summed E-state index contributed by atoms with van der Waals surface area (Å²) in [7, 11) is 0. The van der Waals surface area contributed by atoms with Crippen molar-refractivity contribution in [3.05, 3.63) is 78.1 Å². The van der Waals surface area contributed by atoms with E-state index in [0.717, 1.165) is 18.5 Å². The van der Waals surface area contributed by atoms with Gasteiger partial charge >= 0.3 is 0 Å². The van der Waals surface area contributed by atoms with Crippen LogP contribution in [0.4, 0.5) is 10.1 Å². The fourth-order valence-corrected chi connectivity index (χ4v) is 3.58. The van der Waals surface area contributed by atoms with Gasteiger partial charge in [-0.25, -0.2) is 9.37 Å². The molecule has 1 atom stereocenters. The van der Waals surface area contributed by atoms with Gasteiger partial charge in [-0.05, 0) is 62.6 Å². The van der Waals surface area contributed by atoms with Crippen molar-refractivity contribution in [2.45, 2.75) is 32.2 Å². The van der Waals surface area contributed by atoms with E-state index in [9.17, 15) is 14.0 Å². The number of piperidine rings is 1. The highest BCUT2D eigenvalue weighted by Gasteiger charge is 2.33. The van der Waals surface area contributed by atoms with Crippen LogP contribution in [0.1, 0.15) is 35.4 Å². The van der Waals surface area contributed by atoms with Gasteiger partial charge in [-0.1, -0.05) is 12.1 Å². The highest BCUT2D eigenvalue weighted by molar-refractivity contribution is 6.00. The molecule has 2 amide bonds. The Labute approximate surface area is 185 Å². The van der Waals surface area contributed by atoms with Gasteiger partial charge in [0.25, 0.3) is 5.91 Å². The summed E-state index contributed by atoms with van der Waals surface area (Å²) in [5, 5.41) is 2.86. The van der Waals surface area contributed by atoms with Gasteiger partial charge in [-0.3, -0.25) is 14.6 Å². The largest absolute Gasteiger partial charge is 0.454 e. The molecule has 2 heterocycles. The zero-order valence-electron chi connectivity index (χ0n) is 17.6. The number of rotatable bonds is 5. The van der Waals surface area contributed by atoms with Gasteiger partial charge in [0, 0.05) is 18.4 Å². The van der Waals surface area contributed by atoms with Gasteiger partial charge in [-0.15, -0.1) is 0 Å². The number of hydrogen-bond donors (Lipinski definition) is 1. The number of nitrogens with zero attached hydrogens (tertiary/aromatic N) is 3. The fraction of sp³-hybridized carbons (Fsp3) is 0.250. The summed E-state index contributed by atoms with van der Waals surface area (Å²) in [6, 6.07) is 12.2. The molecular formula is C24H23FN4O3. The topological polar surface area (TPSA) is 84.4 Å². The van der Waals surface area contributed by atoms with Gasteiger partial charge < -0.3 is 15.0 Å². The van der Waals surface area contributed by atoms with E-state index in [2.05, 4.69) is 15.3 Å². The Morgan fingerprint density at radius 1 is 1.06 bits per heavy atom. The summed E-state index contributed by atoms with van der Waals surface area (Å²) >= 11 is 0. The minimum Gasteiger partial charge on any atom is -0.454 e. The zero-order valence-corrected chi connectivity index (χ0v) is 17.6. The molecule has 1 aliphatic heterocycles. The van der Waals surface area contributed by atoms with E-state index in [1.807, 2.05) is 0 Å². The Morgan fingerprint density at radius 3 is 2.56 bits per heavy atom. The quantitative estimate of drug-likeness (QED) is 0.645. The number of anilines is 1. The molecule has 1 fully saturated rings. The van der Waals surface area contributed by atoms with E-state index in [-0.39, 0.29) is 23.3 Å². The number of likely N-dealkylation sites (tertiary alicyclic amines) is 1. The third-order valence-electron chi connectivity index (χ3n) is 5.25. The Balaban J connectivity index is 1.43. The lowest BCUT2D eigenvalue weighted by atomic mass is 10.0. The molecule has 7 nitrogen and oxygen atoms in total. The third kappa shape index (κ3) is 4.91. The molecule has 1 unspecified atom stereocenters. The molecule has 1 aliphatic rings. The number of aryl methyl sites for hydroxylation is 1. The molecule has 8 heteroatoms. The second-order valence-electron chi connectivity index (χ2n) is 7.60. The van der Waals surface area contributed by atoms with Gasteiger partial charge in [0.1, 0.15) is 17.5 Å². The first kappa shape index (κ1) is 21.4. The van der Waals surface area contributed by atoms with Gasteiger partial charge in [-0.2, -0.15) is 0 Å². The monoisotopic (exact) mass is 434 g/mol. The van der Waals surface area contributed by atoms with Crippen LogP contribution in [0.5, 0.6) is 11.5 Å². The van der Waals surface area contributed by atoms with Crippen LogP contribution in [0.25, 0.3) is 0 Å². The van der Waals surface area contributed by atoms with E-state index < -0.39 is 11.9 Å². The van der Waals surface area contributed by atoms with Crippen LogP contribution in [0, 0.1) is 12.7 Å². The van der Waals surface area contributed by atoms with E-state index in [1.54, 1.807) is 48.2 Å². The predicted octanol–water partition coefficient (Wildman–Crippen LogP) is 4.35. The van der Waals surface area contributed by atoms with Crippen molar-refractivity contribution in [1.29, 1.82) is 0 Å². The van der Waals surface area contributed by atoms with Crippen molar-refractivity contribution in [2.75, 3.05) is 11.9 Å². The lowest BCUT2D eigenvalue weighted by Crippen LogP contribution is -2.50. The standard InChI is InChI=1S/C24H23FN4O3/c1-16-14-27-20(15-26-16)24(31)29-13-5-4-7-21(29)23(30)28-17-9-11-18(12-10-17)32-22-8-3-2-6-19(22)25/h2-3,6,8-12,14-15,21H,4-5,7,13H2,1H3,(H,28,30). The summed E-state index contributed by atoms with van der Waals surface area (Å²) in [4.78, 5) is 35.7. The number of para-hydroxylation sites is 1. The predicted molar refractivity (Wildman–Crippen MR) is 117 cm³/mol. The molecule has 1 saturated heterocycles. The first-order valence-electron chi connectivity index (χ1n) is 10.4. The van der Waals surface area contributed by atoms with Crippen LogP contribution in [-0.4, -0.2) is 39.3 Å².